The summed E-state index contributed by atoms with van der Waals surface area (Å²) in [5, 5.41) is 12.0. The van der Waals surface area contributed by atoms with Crippen molar-refractivity contribution < 1.29 is 23.0 Å². The normalized spacial score (nSPS) is 15.5. The van der Waals surface area contributed by atoms with E-state index in [4.69, 9.17) is 32.7 Å². The van der Waals surface area contributed by atoms with E-state index >= 15 is 0 Å². The van der Waals surface area contributed by atoms with Gasteiger partial charge in [0.1, 0.15) is 11.9 Å². The Labute approximate surface area is 224 Å². The van der Waals surface area contributed by atoms with Crippen molar-refractivity contribution in [1.29, 1.82) is 0 Å². The zero-order valence-electron chi connectivity index (χ0n) is 19.9. The van der Waals surface area contributed by atoms with Crippen molar-refractivity contribution in [3.63, 3.8) is 0 Å². The molecule has 0 saturated carbocycles. The number of imidazole rings is 1. The average Bonchev–Trinajstić information content (AvgIpc) is 3.45. The summed E-state index contributed by atoms with van der Waals surface area (Å²) in [5.74, 6) is 1.28. The lowest BCUT2D eigenvalue weighted by molar-refractivity contribution is 0.0678. The van der Waals surface area contributed by atoms with Gasteiger partial charge in [0.15, 0.2) is 11.5 Å². The van der Waals surface area contributed by atoms with Crippen molar-refractivity contribution in [2.24, 2.45) is 7.05 Å². The smallest absolute Gasteiger partial charge is 0.264 e. The summed E-state index contributed by atoms with van der Waals surface area (Å²) < 4.78 is 42.4. The highest BCUT2D eigenvalue weighted by Crippen LogP contribution is 2.41. The van der Waals surface area contributed by atoms with Gasteiger partial charge >= 0.3 is 0 Å². The summed E-state index contributed by atoms with van der Waals surface area (Å²) in [6, 6.07) is 15.9. The van der Waals surface area contributed by atoms with Gasteiger partial charge in [0.05, 0.1) is 17.1 Å². The van der Waals surface area contributed by atoms with E-state index in [1.807, 2.05) is 0 Å². The van der Waals surface area contributed by atoms with Crippen LogP contribution in [0.3, 0.4) is 0 Å². The molecule has 0 fully saturated rings. The highest BCUT2D eigenvalue weighted by atomic mass is 35.5. The predicted molar refractivity (Wildman–Crippen MR) is 141 cm³/mol. The maximum atomic E-state index is 14.2. The van der Waals surface area contributed by atoms with Crippen LogP contribution in [-0.4, -0.2) is 29.4 Å². The van der Waals surface area contributed by atoms with Crippen LogP contribution in [0.15, 0.2) is 78.0 Å². The lowest BCUT2D eigenvalue weighted by atomic mass is 9.99. The highest BCUT2D eigenvalue weighted by molar-refractivity contribution is 7.92. The number of aliphatic hydroxyl groups is 1. The molecule has 1 aliphatic rings. The van der Waals surface area contributed by atoms with Crippen LogP contribution in [0.4, 0.5) is 5.69 Å². The number of aliphatic hydroxyl groups excluding tert-OH is 1. The minimum atomic E-state index is -4.19. The van der Waals surface area contributed by atoms with Gasteiger partial charge in [-0.25, -0.2) is 13.4 Å². The summed E-state index contributed by atoms with van der Waals surface area (Å²) >= 11 is 12.7. The summed E-state index contributed by atoms with van der Waals surface area (Å²) in [5.41, 5.74) is 0.915. The molecule has 4 aromatic rings. The standard InChI is InChI=1S/C26H23Cl2N3O5S/c1-16-35-23-10-8-18(14-24(23)36-16)37(33,34)31(15-25-29-11-12-30(25)2)22-9-7-17(27)13-20(22)26(32)19-5-3-4-6-21(19)28/h3-14,16,26,32H,15H2,1-2H3. The number of nitrogens with zero attached hydrogens (tertiary/aromatic N) is 3. The number of hydrogen-bond acceptors (Lipinski definition) is 6. The van der Waals surface area contributed by atoms with Gasteiger partial charge in [0.25, 0.3) is 10.0 Å². The van der Waals surface area contributed by atoms with Crippen molar-refractivity contribution in [1.82, 2.24) is 9.55 Å². The molecule has 2 unspecified atom stereocenters. The van der Waals surface area contributed by atoms with Crippen LogP contribution < -0.4 is 13.8 Å². The number of aromatic nitrogens is 2. The lowest BCUT2D eigenvalue weighted by Crippen LogP contribution is -2.33. The Kier molecular flexibility index (Phi) is 6.80. The van der Waals surface area contributed by atoms with Gasteiger partial charge in [-0.3, -0.25) is 4.31 Å². The van der Waals surface area contributed by atoms with Crippen molar-refractivity contribution in [3.05, 3.63) is 100 Å². The molecular weight excluding hydrogens is 537 g/mol. The van der Waals surface area contributed by atoms with Gasteiger partial charge in [0, 0.05) is 53.6 Å². The van der Waals surface area contributed by atoms with Crippen LogP contribution in [-0.2, 0) is 23.6 Å². The topological polar surface area (TPSA) is 93.9 Å². The van der Waals surface area contributed by atoms with Crippen molar-refractivity contribution in [3.8, 4) is 11.5 Å². The SMILES string of the molecule is CC1Oc2ccc(S(=O)(=O)N(Cc3nccn3C)c3ccc(Cl)cc3C(O)c3ccccc3Cl)cc2O1. The molecule has 5 rings (SSSR count). The molecule has 0 saturated heterocycles. The van der Waals surface area contributed by atoms with Crippen LogP contribution in [0.25, 0.3) is 0 Å². The third-order valence-electron chi connectivity index (χ3n) is 6.05. The largest absolute Gasteiger partial charge is 0.451 e. The fourth-order valence-corrected chi connectivity index (χ4v) is 6.04. The first-order chi connectivity index (χ1) is 17.6. The molecule has 3 aromatic carbocycles. The van der Waals surface area contributed by atoms with Crippen LogP contribution >= 0.6 is 23.2 Å². The maximum Gasteiger partial charge on any atom is 0.264 e. The molecule has 1 N–H and O–H groups in total. The second-order valence-corrected chi connectivity index (χ2v) is 11.2. The first kappa shape index (κ1) is 25.4. The fraction of sp³-hybridized carbons (Fsp3) is 0.192. The minimum absolute atomic E-state index is 0.00806. The zero-order chi connectivity index (χ0) is 26.3. The second kappa shape index (κ2) is 9.90. The third kappa shape index (κ3) is 4.87. The molecule has 37 heavy (non-hydrogen) atoms. The van der Waals surface area contributed by atoms with E-state index in [2.05, 4.69) is 4.98 Å². The van der Waals surface area contributed by atoms with Gasteiger partial charge < -0.3 is 19.1 Å². The number of aryl methyl sites for hydroxylation is 1. The Morgan fingerprint density at radius 3 is 2.54 bits per heavy atom. The van der Waals surface area contributed by atoms with Gasteiger partial charge in [-0.05, 0) is 36.4 Å². The number of ether oxygens (including phenoxy) is 2. The first-order valence-corrected chi connectivity index (χ1v) is 13.5. The number of anilines is 1. The monoisotopic (exact) mass is 559 g/mol. The van der Waals surface area contributed by atoms with E-state index in [9.17, 15) is 13.5 Å². The van der Waals surface area contributed by atoms with E-state index < -0.39 is 22.4 Å². The molecule has 1 aromatic heterocycles. The molecule has 2 atom stereocenters. The van der Waals surface area contributed by atoms with Gasteiger partial charge in [0.2, 0.25) is 6.29 Å². The third-order valence-corrected chi connectivity index (χ3v) is 8.38. The van der Waals surface area contributed by atoms with E-state index in [-0.39, 0.29) is 22.7 Å². The summed E-state index contributed by atoms with van der Waals surface area (Å²) in [4.78, 5) is 4.31. The number of rotatable bonds is 7. The van der Waals surface area contributed by atoms with Crippen LogP contribution in [0.5, 0.6) is 11.5 Å². The average molecular weight is 560 g/mol. The molecule has 8 nitrogen and oxygen atoms in total. The summed E-state index contributed by atoms with van der Waals surface area (Å²) in [7, 11) is -2.42. The van der Waals surface area contributed by atoms with Crippen LogP contribution in [0.2, 0.25) is 10.0 Å². The molecule has 192 valence electrons. The maximum absolute atomic E-state index is 14.2. The highest BCUT2D eigenvalue weighted by Gasteiger charge is 2.32. The molecule has 0 radical (unpaired) electrons. The van der Waals surface area contributed by atoms with Gasteiger partial charge in [-0.2, -0.15) is 0 Å². The molecule has 0 bridgehead atoms. The predicted octanol–water partition coefficient (Wildman–Crippen LogP) is 5.32. The van der Waals surface area contributed by atoms with Crippen LogP contribution in [0.1, 0.15) is 30.0 Å². The summed E-state index contributed by atoms with van der Waals surface area (Å²) in [6.45, 7) is 1.61. The van der Waals surface area contributed by atoms with E-state index in [0.717, 1.165) is 0 Å². The molecule has 2 heterocycles. The Bertz CT molecular complexity index is 1570. The number of hydrogen-bond donors (Lipinski definition) is 1. The zero-order valence-corrected chi connectivity index (χ0v) is 22.2. The van der Waals surface area contributed by atoms with Crippen molar-refractivity contribution >= 4 is 38.9 Å². The fourth-order valence-electron chi connectivity index (χ4n) is 4.16. The van der Waals surface area contributed by atoms with Gasteiger partial charge in [-0.1, -0.05) is 41.4 Å². The second-order valence-electron chi connectivity index (χ2n) is 8.51. The van der Waals surface area contributed by atoms with E-state index in [1.54, 1.807) is 73.4 Å². The Morgan fingerprint density at radius 2 is 1.81 bits per heavy atom. The van der Waals surface area contributed by atoms with Gasteiger partial charge in [-0.15, -0.1) is 0 Å². The quantitative estimate of drug-likeness (QED) is 0.329. The Balaban J connectivity index is 1.67. The molecule has 11 heteroatoms. The number of fused-ring (bicyclic) bond motifs is 1. The Morgan fingerprint density at radius 1 is 1.05 bits per heavy atom. The molecule has 0 aliphatic carbocycles. The van der Waals surface area contributed by atoms with Crippen molar-refractivity contribution in [2.45, 2.75) is 30.8 Å². The Hall–Kier alpha value is -3.24. The molecule has 0 amide bonds. The molecule has 1 aliphatic heterocycles. The number of sulfonamides is 1. The number of halogens is 2. The van der Waals surface area contributed by atoms with Crippen LogP contribution in [0, 0.1) is 0 Å². The first-order valence-electron chi connectivity index (χ1n) is 11.3. The lowest BCUT2D eigenvalue weighted by Gasteiger charge is -2.28. The van der Waals surface area contributed by atoms with E-state index in [0.29, 0.717) is 32.9 Å². The van der Waals surface area contributed by atoms with Crippen molar-refractivity contribution in [2.75, 3.05) is 4.31 Å². The molecule has 0 spiro atoms. The van der Waals surface area contributed by atoms with E-state index in [1.165, 1.54) is 22.5 Å². The molecular formula is C26H23Cl2N3O5S. The summed E-state index contributed by atoms with van der Waals surface area (Å²) in [6.07, 6.45) is 1.54. The minimum Gasteiger partial charge on any atom is -0.451 e. The number of benzene rings is 3.